The molecule has 0 saturated heterocycles. The van der Waals surface area contributed by atoms with Crippen LogP contribution in [0.25, 0.3) is 0 Å². The van der Waals surface area contributed by atoms with Crippen LogP contribution in [0, 0.1) is 6.92 Å². The molecule has 4 N–H and O–H groups in total. The zero-order chi connectivity index (χ0) is 24.1. The molecule has 1 heterocycles. The number of phenols is 1. The molecule has 2 aromatic carbocycles. The number of hydrogen-bond donors (Lipinski definition) is 4. The molecule has 2 unspecified atom stereocenters. The molecule has 0 saturated carbocycles. The highest BCUT2D eigenvalue weighted by Crippen LogP contribution is 2.38. The first-order valence-electron chi connectivity index (χ1n) is 11.7. The number of aliphatic hydroxyl groups excluding tert-OH is 1. The second kappa shape index (κ2) is 14.5. The van der Waals surface area contributed by atoms with Crippen molar-refractivity contribution in [2.24, 2.45) is 0 Å². The number of carbonyl (C=O) groups is 1. The fourth-order valence-corrected chi connectivity index (χ4v) is 3.31. The van der Waals surface area contributed by atoms with Crippen LogP contribution in [0.2, 0.25) is 0 Å². The minimum atomic E-state index is -0.664. The highest BCUT2D eigenvalue weighted by molar-refractivity contribution is 5.96. The molecule has 0 radical (unpaired) electrons. The highest BCUT2D eigenvalue weighted by atomic mass is 16.5. The molecule has 0 aromatic heterocycles. The van der Waals surface area contributed by atoms with E-state index in [1.807, 2.05) is 27.7 Å². The predicted molar refractivity (Wildman–Crippen MR) is 132 cm³/mol. The lowest BCUT2D eigenvalue weighted by molar-refractivity contribution is -0.116. The Kier molecular flexibility index (Phi) is 12.4. The summed E-state index contributed by atoms with van der Waals surface area (Å²) in [6, 6.07) is 11.9. The maximum absolute atomic E-state index is 11.5. The number of amides is 1. The third kappa shape index (κ3) is 8.52. The summed E-state index contributed by atoms with van der Waals surface area (Å²) in [5.41, 5.74) is 3.68. The van der Waals surface area contributed by atoms with Gasteiger partial charge in [0.05, 0.1) is 5.69 Å². The van der Waals surface area contributed by atoms with E-state index in [9.17, 15) is 15.0 Å². The highest BCUT2D eigenvalue weighted by Gasteiger charge is 2.22. The monoisotopic (exact) mass is 444 g/mol. The Morgan fingerprint density at radius 2 is 1.72 bits per heavy atom. The smallest absolute Gasteiger partial charge is 0.224 e. The zero-order valence-corrected chi connectivity index (χ0v) is 20.4. The van der Waals surface area contributed by atoms with Crippen molar-refractivity contribution in [3.8, 4) is 11.5 Å². The SMILES string of the molecule is CC.CC.Cc1ccc(CC(C)NCC(O)COc2ccc(O)c3c2CCC(=O)N3)cc1. The Bertz CT molecular complexity index is 821. The number of nitrogens with one attached hydrogen (secondary N) is 2. The van der Waals surface area contributed by atoms with Gasteiger partial charge in [-0.3, -0.25) is 4.79 Å². The average Bonchev–Trinajstić information content (AvgIpc) is 2.81. The van der Waals surface area contributed by atoms with Gasteiger partial charge < -0.3 is 25.6 Å². The van der Waals surface area contributed by atoms with Crippen LogP contribution in [0.1, 0.15) is 57.7 Å². The number of hydrogen-bond acceptors (Lipinski definition) is 5. The van der Waals surface area contributed by atoms with Crippen molar-refractivity contribution in [1.82, 2.24) is 5.32 Å². The van der Waals surface area contributed by atoms with Crippen LogP contribution >= 0.6 is 0 Å². The number of aryl methyl sites for hydroxylation is 1. The number of carbonyl (C=O) groups excluding carboxylic acids is 1. The van der Waals surface area contributed by atoms with Gasteiger partial charge in [0.15, 0.2) is 0 Å². The van der Waals surface area contributed by atoms with E-state index in [4.69, 9.17) is 4.74 Å². The lowest BCUT2D eigenvalue weighted by atomic mass is 10.0. The molecule has 3 rings (SSSR count). The van der Waals surface area contributed by atoms with E-state index in [1.54, 1.807) is 6.07 Å². The van der Waals surface area contributed by atoms with E-state index in [0.29, 0.717) is 30.8 Å². The van der Waals surface area contributed by atoms with Crippen molar-refractivity contribution < 1.29 is 19.7 Å². The molecule has 0 fully saturated rings. The van der Waals surface area contributed by atoms with Gasteiger partial charge in [0, 0.05) is 24.6 Å². The maximum atomic E-state index is 11.5. The molecule has 1 aliphatic heterocycles. The van der Waals surface area contributed by atoms with Gasteiger partial charge in [-0.1, -0.05) is 57.5 Å². The summed E-state index contributed by atoms with van der Waals surface area (Å²) in [5.74, 6) is 0.494. The number of rotatable bonds is 8. The van der Waals surface area contributed by atoms with Gasteiger partial charge >= 0.3 is 0 Å². The van der Waals surface area contributed by atoms with Crippen molar-refractivity contribution in [2.45, 2.75) is 73.0 Å². The minimum absolute atomic E-state index is 0.0301. The number of anilines is 1. The van der Waals surface area contributed by atoms with Crippen molar-refractivity contribution in [2.75, 3.05) is 18.5 Å². The first-order chi connectivity index (χ1) is 15.4. The van der Waals surface area contributed by atoms with E-state index in [1.165, 1.54) is 17.2 Å². The molecule has 0 aliphatic carbocycles. The molecule has 1 aliphatic rings. The van der Waals surface area contributed by atoms with E-state index in [0.717, 1.165) is 12.0 Å². The molecule has 1 amide bonds. The van der Waals surface area contributed by atoms with E-state index in [2.05, 4.69) is 48.7 Å². The van der Waals surface area contributed by atoms with Crippen LogP contribution in [0.5, 0.6) is 11.5 Å². The standard InChI is InChI=1S/C22H28N2O4.2C2H6/c1-14-3-5-16(6-4-14)11-15(2)23-12-17(25)13-28-20-9-8-19(26)22-18(20)7-10-21(27)24-22;2*1-2/h3-6,8-9,15,17,23,25-26H,7,10-13H2,1-2H3,(H,24,27);2*1-2H3. The van der Waals surface area contributed by atoms with Crippen molar-refractivity contribution in [3.63, 3.8) is 0 Å². The van der Waals surface area contributed by atoms with Crippen molar-refractivity contribution in [1.29, 1.82) is 0 Å². The summed E-state index contributed by atoms with van der Waals surface area (Å²) in [4.78, 5) is 11.5. The fourth-order valence-electron chi connectivity index (χ4n) is 3.31. The normalized spacial score (nSPS) is 13.9. The van der Waals surface area contributed by atoms with Crippen LogP contribution in [0.3, 0.4) is 0 Å². The Labute approximate surface area is 193 Å². The van der Waals surface area contributed by atoms with Crippen LogP contribution < -0.4 is 15.4 Å². The third-order valence-corrected chi connectivity index (χ3v) is 4.91. The first kappa shape index (κ1) is 27.5. The maximum Gasteiger partial charge on any atom is 0.224 e. The molecule has 6 nitrogen and oxygen atoms in total. The number of benzene rings is 2. The second-order valence-corrected chi connectivity index (χ2v) is 7.45. The molecule has 6 heteroatoms. The van der Waals surface area contributed by atoms with Gasteiger partial charge in [-0.05, 0) is 44.4 Å². The summed E-state index contributed by atoms with van der Waals surface area (Å²) in [7, 11) is 0. The minimum Gasteiger partial charge on any atom is -0.506 e. The van der Waals surface area contributed by atoms with E-state index in [-0.39, 0.29) is 24.3 Å². The average molecular weight is 445 g/mol. The number of aliphatic hydroxyl groups is 1. The zero-order valence-electron chi connectivity index (χ0n) is 20.4. The number of fused-ring (bicyclic) bond motifs is 1. The summed E-state index contributed by atoms with van der Waals surface area (Å²) in [5, 5.41) is 26.2. The van der Waals surface area contributed by atoms with E-state index < -0.39 is 6.10 Å². The van der Waals surface area contributed by atoms with Crippen LogP contribution in [-0.2, 0) is 17.6 Å². The number of phenolic OH excluding ortho intramolecular Hbond substituents is 1. The summed E-state index contributed by atoms with van der Waals surface area (Å²) < 4.78 is 5.77. The third-order valence-electron chi connectivity index (χ3n) is 4.91. The van der Waals surface area contributed by atoms with Gasteiger partial charge in [-0.25, -0.2) is 0 Å². The molecule has 0 bridgehead atoms. The van der Waals surface area contributed by atoms with E-state index >= 15 is 0 Å². The second-order valence-electron chi connectivity index (χ2n) is 7.45. The largest absolute Gasteiger partial charge is 0.506 e. The Morgan fingerprint density at radius 3 is 2.38 bits per heavy atom. The molecule has 32 heavy (non-hydrogen) atoms. The van der Waals surface area contributed by atoms with Gasteiger partial charge in [-0.2, -0.15) is 0 Å². The Balaban J connectivity index is 0.00000121. The fraction of sp³-hybridized carbons (Fsp3) is 0.500. The Morgan fingerprint density at radius 1 is 1.06 bits per heavy atom. The van der Waals surface area contributed by atoms with Crippen molar-refractivity contribution >= 4 is 11.6 Å². The van der Waals surface area contributed by atoms with Crippen LogP contribution in [0.4, 0.5) is 5.69 Å². The summed E-state index contributed by atoms with van der Waals surface area (Å²) >= 11 is 0. The molecule has 2 aromatic rings. The number of ether oxygens (including phenoxy) is 1. The summed E-state index contributed by atoms with van der Waals surface area (Å²) in [6.45, 7) is 12.7. The summed E-state index contributed by atoms with van der Waals surface area (Å²) in [6.07, 6.45) is 1.09. The predicted octanol–water partition coefficient (Wildman–Crippen LogP) is 4.60. The molecular formula is C26H40N2O4. The quantitative estimate of drug-likeness (QED) is 0.447. The van der Waals surface area contributed by atoms with Crippen molar-refractivity contribution in [3.05, 3.63) is 53.1 Å². The van der Waals surface area contributed by atoms with Gasteiger partial charge in [0.2, 0.25) is 5.91 Å². The van der Waals surface area contributed by atoms with Crippen LogP contribution in [0.15, 0.2) is 36.4 Å². The lowest BCUT2D eigenvalue weighted by Gasteiger charge is -2.22. The lowest BCUT2D eigenvalue weighted by Crippen LogP contribution is -2.37. The van der Waals surface area contributed by atoms with Crippen LogP contribution in [-0.4, -0.2) is 41.4 Å². The van der Waals surface area contributed by atoms with Gasteiger partial charge in [0.1, 0.15) is 24.2 Å². The van der Waals surface area contributed by atoms with Gasteiger partial charge in [0.25, 0.3) is 0 Å². The Hall–Kier alpha value is -2.57. The first-order valence-corrected chi connectivity index (χ1v) is 11.7. The molecule has 2 atom stereocenters. The van der Waals surface area contributed by atoms with Gasteiger partial charge in [-0.15, -0.1) is 0 Å². The molecule has 178 valence electrons. The molecule has 0 spiro atoms. The molecular weight excluding hydrogens is 404 g/mol. The number of aromatic hydroxyl groups is 1. The topological polar surface area (TPSA) is 90.8 Å².